The number of nitrogens with zero attached hydrogens (tertiary/aromatic N) is 1. The van der Waals surface area contributed by atoms with Gasteiger partial charge in [-0.25, -0.2) is 4.98 Å². The van der Waals surface area contributed by atoms with E-state index in [1.54, 1.807) is 0 Å². The zero-order valence-corrected chi connectivity index (χ0v) is 9.07. The first-order valence-corrected chi connectivity index (χ1v) is 4.54. The predicted molar refractivity (Wildman–Crippen MR) is 46.3 cm³/mol. The van der Waals surface area contributed by atoms with E-state index < -0.39 is 6.36 Å². The van der Waals surface area contributed by atoms with Crippen molar-refractivity contribution in [2.24, 2.45) is 0 Å². The first-order valence-electron chi connectivity index (χ1n) is 2.96. The molecule has 72 valence electrons. The molecule has 0 atom stereocenters. The fraction of sp³-hybridized carbons (Fsp3) is 0.167. The Balaban J connectivity index is 2.96. The van der Waals surface area contributed by atoms with Crippen LogP contribution in [0.5, 0.6) is 5.75 Å². The van der Waals surface area contributed by atoms with E-state index in [1.165, 1.54) is 6.20 Å². The normalized spacial score (nSPS) is 11.5. The van der Waals surface area contributed by atoms with Crippen molar-refractivity contribution in [3.05, 3.63) is 21.3 Å². The molecule has 0 fully saturated rings. The van der Waals surface area contributed by atoms with Gasteiger partial charge in [0, 0.05) is 12.3 Å². The minimum Gasteiger partial charge on any atom is -0.404 e. The van der Waals surface area contributed by atoms with Crippen LogP contribution in [0.3, 0.4) is 0 Å². The minimum absolute atomic E-state index is 0.132. The van der Waals surface area contributed by atoms with Crippen molar-refractivity contribution in [2.75, 3.05) is 0 Å². The predicted octanol–water partition coefficient (Wildman–Crippen LogP) is 3.51. The van der Waals surface area contributed by atoms with Crippen molar-refractivity contribution in [3.63, 3.8) is 0 Å². The van der Waals surface area contributed by atoms with Crippen LogP contribution in [0.1, 0.15) is 0 Å². The average molecular weight is 321 g/mol. The first-order chi connectivity index (χ1) is 5.90. The summed E-state index contributed by atoms with van der Waals surface area (Å²) in [6.45, 7) is 0. The van der Waals surface area contributed by atoms with Crippen molar-refractivity contribution in [3.8, 4) is 5.75 Å². The van der Waals surface area contributed by atoms with Gasteiger partial charge in [-0.1, -0.05) is 0 Å². The van der Waals surface area contributed by atoms with Crippen LogP contribution in [0.25, 0.3) is 0 Å². The van der Waals surface area contributed by atoms with Crippen LogP contribution in [-0.4, -0.2) is 11.3 Å². The standard InChI is InChI=1S/C6H2Br2F3NO/c7-4-3(13-6(9,10)11)1-2-12-5(4)8/h1-2H. The highest BCUT2D eigenvalue weighted by atomic mass is 79.9. The molecule has 1 heterocycles. The summed E-state index contributed by atoms with van der Waals surface area (Å²) in [6, 6.07) is 1.11. The highest BCUT2D eigenvalue weighted by Crippen LogP contribution is 2.33. The Hall–Kier alpha value is -0.300. The van der Waals surface area contributed by atoms with E-state index in [1.807, 2.05) is 0 Å². The second-order valence-corrected chi connectivity index (χ2v) is 3.51. The van der Waals surface area contributed by atoms with Gasteiger partial charge in [0.05, 0.1) is 4.47 Å². The van der Waals surface area contributed by atoms with Crippen LogP contribution in [0.2, 0.25) is 0 Å². The van der Waals surface area contributed by atoms with E-state index in [0.717, 1.165) is 6.07 Å². The van der Waals surface area contributed by atoms with E-state index >= 15 is 0 Å². The molecule has 0 saturated carbocycles. The van der Waals surface area contributed by atoms with Crippen molar-refractivity contribution in [1.82, 2.24) is 4.98 Å². The van der Waals surface area contributed by atoms with Crippen molar-refractivity contribution in [2.45, 2.75) is 6.36 Å². The number of alkyl halides is 3. The molecule has 0 amide bonds. The van der Waals surface area contributed by atoms with Gasteiger partial charge in [-0.2, -0.15) is 0 Å². The molecule has 7 heteroatoms. The minimum atomic E-state index is -4.69. The lowest BCUT2D eigenvalue weighted by molar-refractivity contribution is -0.274. The number of ether oxygens (including phenoxy) is 1. The Morgan fingerprint density at radius 1 is 1.31 bits per heavy atom. The average Bonchev–Trinajstić information content (AvgIpc) is 1.96. The molecule has 0 saturated heterocycles. The third-order valence-electron chi connectivity index (χ3n) is 1.04. The third kappa shape index (κ3) is 3.15. The summed E-state index contributed by atoms with van der Waals surface area (Å²) < 4.78 is 39.4. The quantitative estimate of drug-likeness (QED) is 0.739. The number of aromatic nitrogens is 1. The molecule has 1 aromatic heterocycles. The number of rotatable bonds is 1. The van der Waals surface area contributed by atoms with Crippen LogP contribution >= 0.6 is 31.9 Å². The summed E-state index contributed by atoms with van der Waals surface area (Å²) in [5, 5.41) is 0. The van der Waals surface area contributed by atoms with Gasteiger partial charge in [0.25, 0.3) is 0 Å². The summed E-state index contributed by atoms with van der Waals surface area (Å²) in [7, 11) is 0. The molecule has 13 heavy (non-hydrogen) atoms. The number of halogens is 5. The number of hydrogen-bond acceptors (Lipinski definition) is 2. The molecule has 0 aromatic carbocycles. The molecule has 0 N–H and O–H groups in total. The molecule has 0 spiro atoms. The molecular formula is C6H2Br2F3NO. The van der Waals surface area contributed by atoms with Gasteiger partial charge in [-0.05, 0) is 31.9 Å². The van der Waals surface area contributed by atoms with E-state index in [-0.39, 0.29) is 14.8 Å². The molecule has 0 bridgehead atoms. The van der Waals surface area contributed by atoms with E-state index in [4.69, 9.17) is 0 Å². The SMILES string of the molecule is FC(F)(F)Oc1ccnc(Br)c1Br. The van der Waals surface area contributed by atoms with E-state index in [9.17, 15) is 13.2 Å². The van der Waals surface area contributed by atoms with Gasteiger partial charge in [0.1, 0.15) is 10.4 Å². The lowest BCUT2D eigenvalue weighted by atomic mass is 10.5. The third-order valence-corrected chi connectivity index (χ3v) is 2.94. The lowest BCUT2D eigenvalue weighted by Gasteiger charge is -2.10. The second-order valence-electron chi connectivity index (χ2n) is 1.96. The molecular weight excluding hydrogens is 319 g/mol. The maximum absolute atomic E-state index is 11.8. The van der Waals surface area contributed by atoms with E-state index in [0.29, 0.717) is 0 Å². The van der Waals surface area contributed by atoms with Crippen molar-refractivity contribution < 1.29 is 17.9 Å². The monoisotopic (exact) mass is 319 g/mol. The second kappa shape index (κ2) is 3.83. The topological polar surface area (TPSA) is 22.1 Å². The molecule has 0 aliphatic carbocycles. The largest absolute Gasteiger partial charge is 0.573 e. The van der Waals surface area contributed by atoms with Gasteiger partial charge >= 0.3 is 6.36 Å². The summed E-state index contributed by atoms with van der Waals surface area (Å²) >= 11 is 5.85. The van der Waals surface area contributed by atoms with Gasteiger partial charge < -0.3 is 4.74 Å². The van der Waals surface area contributed by atoms with Crippen LogP contribution in [0.4, 0.5) is 13.2 Å². The van der Waals surface area contributed by atoms with Crippen LogP contribution in [0.15, 0.2) is 21.3 Å². The zero-order valence-electron chi connectivity index (χ0n) is 5.90. The molecule has 0 radical (unpaired) electrons. The summed E-state index contributed by atoms with van der Waals surface area (Å²) in [5.74, 6) is -0.325. The van der Waals surface area contributed by atoms with Crippen molar-refractivity contribution in [1.29, 1.82) is 0 Å². The molecule has 1 rings (SSSR count). The summed E-state index contributed by atoms with van der Waals surface area (Å²) in [6.07, 6.45) is -3.49. The highest BCUT2D eigenvalue weighted by Gasteiger charge is 2.32. The van der Waals surface area contributed by atoms with Gasteiger partial charge in [0.2, 0.25) is 0 Å². The van der Waals surface area contributed by atoms with Crippen molar-refractivity contribution >= 4 is 31.9 Å². The Morgan fingerprint density at radius 3 is 2.46 bits per heavy atom. The Labute approximate surface area is 88.4 Å². The summed E-state index contributed by atoms with van der Waals surface area (Å²) in [5.41, 5.74) is 0. The molecule has 0 unspecified atom stereocenters. The molecule has 0 aliphatic rings. The lowest BCUT2D eigenvalue weighted by Crippen LogP contribution is -2.17. The van der Waals surface area contributed by atoms with Crippen LogP contribution in [-0.2, 0) is 0 Å². The Kier molecular flexibility index (Phi) is 3.18. The fourth-order valence-corrected chi connectivity index (χ4v) is 1.23. The number of pyridine rings is 1. The fourth-order valence-electron chi connectivity index (χ4n) is 0.605. The Morgan fingerprint density at radius 2 is 1.92 bits per heavy atom. The molecule has 2 nitrogen and oxygen atoms in total. The van der Waals surface area contributed by atoms with Gasteiger partial charge in [0.15, 0.2) is 0 Å². The highest BCUT2D eigenvalue weighted by molar-refractivity contribution is 9.13. The van der Waals surface area contributed by atoms with E-state index in [2.05, 4.69) is 41.6 Å². The van der Waals surface area contributed by atoms with Crippen LogP contribution < -0.4 is 4.74 Å². The maximum atomic E-state index is 11.8. The van der Waals surface area contributed by atoms with Crippen LogP contribution in [0, 0.1) is 0 Å². The van der Waals surface area contributed by atoms with Gasteiger partial charge in [-0.3, -0.25) is 0 Å². The smallest absolute Gasteiger partial charge is 0.404 e. The number of hydrogen-bond donors (Lipinski definition) is 0. The molecule has 1 aromatic rings. The molecule has 0 aliphatic heterocycles. The Bertz CT molecular complexity index is 315. The maximum Gasteiger partial charge on any atom is 0.573 e. The van der Waals surface area contributed by atoms with Gasteiger partial charge in [-0.15, -0.1) is 13.2 Å². The zero-order chi connectivity index (χ0) is 10.1. The summed E-state index contributed by atoms with van der Waals surface area (Å²) in [4.78, 5) is 3.69. The first kappa shape index (κ1) is 10.8.